The molecule has 108 valence electrons. The molecule has 0 unspecified atom stereocenters. The number of benzene rings is 1. The summed E-state index contributed by atoms with van der Waals surface area (Å²) in [5.41, 5.74) is 2.60. The molecule has 1 aromatic carbocycles. The summed E-state index contributed by atoms with van der Waals surface area (Å²) < 4.78 is 5.70. The maximum Gasteiger partial charge on any atom is 0.240 e. The number of carbonyl (C=O) groups excluding carboxylic acids is 1. The molecule has 0 radical (unpaired) electrons. The van der Waals surface area contributed by atoms with Crippen LogP contribution in [0.1, 0.15) is 25.0 Å². The summed E-state index contributed by atoms with van der Waals surface area (Å²) in [6.45, 7) is 6.23. The van der Waals surface area contributed by atoms with Crippen LogP contribution in [0.25, 0.3) is 0 Å². The molecule has 3 rings (SSSR count). The molecular weight excluding hydrogens is 252 g/mol. The fourth-order valence-electron chi connectivity index (χ4n) is 3.21. The lowest BCUT2D eigenvalue weighted by Gasteiger charge is -2.38. The van der Waals surface area contributed by atoms with Crippen molar-refractivity contribution in [2.45, 2.75) is 45.1 Å². The van der Waals surface area contributed by atoms with Crippen LogP contribution < -0.4 is 5.32 Å². The van der Waals surface area contributed by atoms with Crippen molar-refractivity contribution in [3.05, 3.63) is 35.4 Å². The van der Waals surface area contributed by atoms with Gasteiger partial charge in [-0.05, 0) is 31.4 Å². The van der Waals surface area contributed by atoms with E-state index in [4.69, 9.17) is 4.74 Å². The summed E-state index contributed by atoms with van der Waals surface area (Å²) in [7, 11) is 0. The average Bonchev–Trinajstić information content (AvgIpc) is 2.45. The second-order valence-corrected chi connectivity index (χ2v) is 5.91. The Bertz CT molecular complexity index is 493. The Labute approximate surface area is 120 Å². The van der Waals surface area contributed by atoms with Crippen molar-refractivity contribution >= 4 is 5.91 Å². The van der Waals surface area contributed by atoms with E-state index >= 15 is 0 Å². The minimum atomic E-state index is -0.0950. The summed E-state index contributed by atoms with van der Waals surface area (Å²) in [5.74, 6) is 0.210. The van der Waals surface area contributed by atoms with Gasteiger partial charge in [0, 0.05) is 19.6 Å². The molecule has 1 aromatic rings. The van der Waals surface area contributed by atoms with Crippen molar-refractivity contribution < 1.29 is 9.53 Å². The van der Waals surface area contributed by atoms with Gasteiger partial charge in [0.05, 0.1) is 18.2 Å². The van der Waals surface area contributed by atoms with Gasteiger partial charge in [-0.3, -0.25) is 4.79 Å². The average molecular weight is 274 g/mol. The summed E-state index contributed by atoms with van der Waals surface area (Å²) in [5, 5.41) is 3.37. The molecule has 0 saturated carbocycles. The molecule has 1 amide bonds. The van der Waals surface area contributed by atoms with Crippen LogP contribution >= 0.6 is 0 Å². The topological polar surface area (TPSA) is 41.6 Å². The molecule has 2 aliphatic heterocycles. The minimum absolute atomic E-state index is 0.0950. The molecule has 4 nitrogen and oxygen atoms in total. The highest BCUT2D eigenvalue weighted by Crippen LogP contribution is 2.19. The number of hydrogen-bond donors (Lipinski definition) is 1. The van der Waals surface area contributed by atoms with Crippen LogP contribution in [-0.2, 0) is 22.5 Å². The molecule has 0 aliphatic carbocycles. The zero-order chi connectivity index (χ0) is 14.1. The van der Waals surface area contributed by atoms with Crippen molar-refractivity contribution in [2.24, 2.45) is 0 Å². The third kappa shape index (κ3) is 2.72. The van der Waals surface area contributed by atoms with Gasteiger partial charge in [-0.25, -0.2) is 0 Å². The molecule has 0 spiro atoms. The second-order valence-electron chi connectivity index (χ2n) is 5.91. The van der Waals surface area contributed by atoms with E-state index in [9.17, 15) is 4.79 Å². The van der Waals surface area contributed by atoms with Gasteiger partial charge in [0.15, 0.2) is 0 Å². The van der Waals surface area contributed by atoms with E-state index in [-0.39, 0.29) is 24.2 Å². The number of carbonyl (C=O) groups is 1. The van der Waals surface area contributed by atoms with Crippen molar-refractivity contribution in [1.82, 2.24) is 10.2 Å². The van der Waals surface area contributed by atoms with E-state index in [0.717, 1.165) is 13.0 Å². The van der Waals surface area contributed by atoms with Crippen LogP contribution in [0, 0.1) is 0 Å². The molecule has 1 N–H and O–H groups in total. The molecule has 0 aromatic heterocycles. The van der Waals surface area contributed by atoms with E-state index in [0.29, 0.717) is 13.1 Å². The van der Waals surface area contributed by atoms with Crippen molar-refractivity contribution in [2.75, 3.05) is 13.1 Å². The number of nitrogens with one attached hydrogen (secondary N) is 1. The first-order valence-corrected chi connectivity index (χ1v) is 7.38. The van der Waals surface area contributed by atoms with Gasteiger partial charge in [-0.15, -0.1) is 0 Å². The Morgan fingerprint density at radius 3 is 2.55 bits per heavy atom. The van der Waals surface area contributed by atoms with E-state index in [2.05, 4.69) is 17.4 Å². The summed E-state index contributed by atoms with van der Waals surface area (Å²) in [6.07, 6.45) is 1.03. The SMILES string of the molecule is C[C@@H]1CN(C(=O)[C@@H]2Cc3ccccc3CN2)C[C@H](C)O1. The van der Waals surface area contributed by atoms with Gasteiger partial charge in [-0.2, -0.15) is 0 Å². The molecule has 3 atom stereocenters. The Morgan fingerprint density at radius 2 is 1.85 bits per heavy atom. The summed E-state index contributed by atoms with van der Waals surface area (Å²) in [6, 6.07) is 8.25. The lowest BCUT2D eigenvalue weighted by Crippen LogP contribution is -2.55. The Balaban J connectivity index is 1.69. The highest BCUT2D eigenvalue weighted by atomic mass is 16.5. The van der Waals surface area contributed by atoms with Crippen molar-refractivity contribution in [1.29, 1.82) is 0 Å². The third-order valence-corrected chi connectivity index (χ3v) is 4.11. The number of ether oxygens (including phenoxy) is 1. The van der Waals surface area contributed by atoms with Gasteiger partial charge in [0.2, 0.25) is 5.91 Å². The molecule has 2 aliphatic rings. The van der Waals surface area contributed by atoms with E-state index in [1.165, 1.54) is 11.1 Å². The van der Waals surface area contributed by atoms with Crippen LogP contribution in [0.3, 0.4) is 0 Å². The standard InChI is InChI=1S/C16H22N2O2/c1-11-9-18(10-12(2)20-11)16(19)15-7-13-5-3-4-6-14(13)8-17-15/h3-6,11-12,15,17H,7-10H2,1-2H3/t11-,12+,15-/m0/s1. The zero-order valence-corrected chi connectivity index (χ0v) is 12.1. The first kappa shape index (κ1) is 13.6. The molecule has 1 saturated heterocycles. The molecule has 20 heavy (non-hydrogen) atoms. The monoisotopic (exact) mass is 274 g/mol. The quantitative estimate of drug-likeness (QED) is 0.840. The number of amides is 1. The normalized spacial score (nSPS) is 29.9. The van der Waals surface area contributed by atoms with E-state index in [1.54, 1.807) is 0 Å². The van der Waals surface area contributed by atoms with Gasteiger partial charge in [-0.1, -0.05) is 24.3 Å². The predicted octanol–water partition coefficient (Wildman–Crippen LogP) is 1.34. The second kappa shape index (κ2) is 5.54. The Kier molecular flexibility index (Phi) is 3.76. The van der Waals surface area contributed by atoms with Gasteiger partial charge in [0.25, 0.3) is 0 Å². The summed E-state index contributed by atoms with van der Waals surface area (Å²) >= 11 is 0. The van der Waals surface area contributed by atoms with Crippen LogP contribution in [-0.4, -0.2) is 42.1 Å². The smallest absolute Gasteiger partial charge is 0.240 e. The number of hydrogen-bond acceptors (Lipinski definition) is 3. The zero-order valence-electron chi connectivity index (χ0n) is 12.1. The molecular formula is C16H22N2O2. The molecule has 2 heterocycles. The van der Waals surface area contributed by atoms with Crippen molar-refractivity contribution in [3.63, 3.8) is 0 Å². The molecule has 4 heteroatoms. The Morgan fingerprint density at radius 1 is 1.20 bits per heavy atom. The third-order valence-electron chi connectivity index (χ3n) is 4.11. The number of fused-ring (bicyclic) bond motifs is 1. The van der Waals surface area contributed by atoms with Gasteiger partial charge >= 0.3 is 0 Å². The first-order chi connectivity index (χ1) is 9.63. The van der Waals surface area contributed by atoms with Crippen molar-refractivity contribution in [3.8, 4) is 0 Å². The minimum Gasteiger partial charge on any atom is -0.372 e. The Hall–Kier alpha value is -1.39. The highest BCUT2D eigenvalue weighted by molar-refractivity contribution is 5.82. The van der Waals surface area contributed by atoms with Gasteiger partial charge in [0.1, 0.15) is 0 Å². The molecule has 0 bridgehead atoms. The maximum absolute atomic E-state index is 12.7. The number of rotatable bonds is 1. The van der Waals surface area contributed by atoms with Crippen LogP contribution in [0.15, 0.2) is 24.3 Å². The fourth-order valence-corrected chi connectivity index (χ4v) is 3.21. The largest absolute Gasteiger partial charge is 0.372 e. The summed E-state index contributed by atoms with van der Waals surface area (Å²) in [4.78, 5) is 14.6. The maximum atomic E-state index is 12.7. The number of nitrogens with zero attached hydrogens (tertiary/aromatic N) is 1. The first-order valence-electron chi connectivity index (χ1n) is 7.38. The van der Waals surface area contributed by atoms with Crippen LogP contribution in [0.2, 0.25) is 0 Å². The highest BCUT2D eigenvalue weighted by Gasteiger charge is 2.32. The van der Waals surface area contributed by atoms with E-state index < -0.39 is 0 Å². The molecule has 1 fully saturated rings. The van der Waals surface area contributed by atoms with Crippen LogP contribution in [0.5, 0.6) is 0 Å². The van der Waals surface area contributed by atoms with Crippen LogP contribution in [0.4, 0.5) is 0 Å². The van der Waals surface area contributed by atoms with Gasteiger partial charge < -0.3 is 15.0 Å². The lowest BCUT2D eigenvalue weighted by molar-refractivity contribution is -0.145. The lowest BCUT2D eigenvalue weighted by atomic mass is 9.95. The number of morpholine rings is 1. The predicted molar refractivity (Wildman–Crippen MR) is 77.4 cm³/mol. The van der Waals surface area contributed by atoms with E-state index in [1.807, 2.05) is 30.9 Å². The fraction of sp³-hybridized carbons (Fsp3) is 0.562.